The molecule has 0 aliphatic heterocycles. The van der Waals surface area contributed by atoms with Crippen LogP contribution in [-0.2, 0) is 6.42 Å². The first kappa shape index (κ1) is 14.5. The number of H-pyrrole nitrogens is 1. The van der Waals surface area contributed by atoms with Crippen molar-refractivity contribution in [2.75, 3.05) is 0 Å². The second-order valence-electron chi connectivity index (χ2n) is 5.81. The molecule has 118 valence electrons. The summed E-state index contributed by atoms with van der Waals surface area (Å²) in [6.07, 6.45) is 8.01. The second kappa shape index (κ2) is 6.20. The highest BCUT2D eigenvalue weighted by Gasteiger charge is 2.18. The van der Waals surface area contributed by atoms with Crippen molar-refractivity contribution < 1.29 is 0 Å². The van der Waals surface area contributed by atoms with Crippen LogP contribution in [-0.4, -0.2) is 24.9 Å². The van der Waals surface area contributed by atoms with Crippen molar-refractivity contribution in [3.05, 3.63) is 84.1 Å². The molecule has 0 bridgehead atoms. The van der Waals surface area contributed by atoms with E-state index in [1.807, 2.05) is 37.6 Å². The van der Waals surface area contributed by atoms with E-state index in [4.69, 9.17) is 0 Å². The topological polar surface area (TPSA) is 67.3 Å². The Morgan fingerprint density at radius 3 is 2.88 bits per heavy atom. The summed E-state index contributed by atoms with van der Waals surface area (Å²) in [5.74, 6) is 0.934. The van der Waals surface area contributed by atoms with Crippen LogP contribution < -0.4 is 0 Å². The van der Waals surface area contributed by atoms with Gasteiger partial charge < -0.3 is 4.98 Å². The molecule has 3 aromatic heterocycles. The molecule has 0 aliphatic carbocycles. The summed E-state index contributed by atoms with van der Waals surface area (Å²) in [4.78, 5) is 20.6. The van der Waals surface area contributed by atoms with Crippen LogP contribution in [0.15, 0.2) is 61.3 Å². The predicted molar refractivity (Wildman–Crippen MR) is 92.6 cm³/mol. The minimum Gasteiger partial charge on any atom is -0.348 e. The summed E-state index contributed by atoms with van der Waals surface area (Å²) in [7, 11) is 0. The summed E-state index contributed by atoms with van der Waals surface area (Å²) >= 11 is 0. The van der Waals surface area contributed by atoms with Crippen LogP contribution in [0.2, 0.25) is 0 Å². The van der Waals surface area contributed by atoms with E-state index >= 15 is 0 Å². The van der Waals surface area contributed by atoms with Crippen LogP contribution in [0.1, 0.15) is 28.7 Å². The monoisotopic (exact) mass is 315 g/mol. The zero-order valence-corrected chi connectivity index (χ0v) is 13.3. The van der Waals surface area contributed by atoms with Gasteiger partial charge >= 0.3 is 0 Å². The Bertz CT molecular complexity index is 962. The summed E-state index contributed by atoms with van der Waals surface area (Å²) < 4.78 is 0. The van der Waals surface area contributed by atoms with E-state index in [-0.39, 0.29) is 5.92 Å². The van der Waals surface area contributed by atoms with Crippen molar-refractivity contribution in [3.8, 4) is 0 Å². The SMILES string of the molecule is Cc1nccc(CC(c2ccc3cccnc3c2)c2cnc[nH]2)n1. The number of imidazole rings is 1. The molecule has 1 unspecified atom stereocenters. The lowest BCUT2D eigenvalue weighted by atomic mass is 9.90. The van der Waals surface area contributed by atoms with E-state index in [1.54, 1.807) is 6.33 Å². The number of pyridine rings is 1. The molecule has 0 saturated carbocycles. The molecule has 0 amide bonds. The van der Waals surface area contributed by atoms with Gasteiger partial charge in [-0.3, -0.25) is 4.98 Å². The Morgan fingerprint density at radius 1 is 1.08 bits per heavy atom. The van der Waals surface area contributed by atoms with Crippen LogP contribution in [0.3, 0.4) is 0 Å². The molecule has 4 rings (SSSR count). The van der Waals surface area contributed by atoms with Crippen molar-refractivity contribution in [2.24, 2.45) is 0 Å². The van der Waals surface area contributed by atoms with Gasteiger partial charge in [0.15, 0.2) is 0 Å². The number of benzene rings is 1. The molecule has 5 nitrogen and oxygen atoms in total. The molecule has 1 atom stereocenters. The molecular weight excluding hydrogens is 298 g/mol. The van der Waals surface area contributed by atoms with E-state index < -0.39 is 0 Å². The molecule has 0 saturated heterocycles. The highest BCUT2D eigenvalue weighted by atomic mass is 14.9. The van der Waals surface area contributed by atoms with Crippen molar-refractivity contribution in [2.45, 2.75) is 19.3 Å². The minimum atomic E-state index is 0.146. The van der Waals surface area contributed by atoms with Gasteiger partial charge in [-0.05, 0) is 30.7 Å². The largest absolute Gasteiger partial charge is 0.348 e. The highest BCUT2D eigenvalue weighted by molar-refractivity contribution is 5.79. The Labute approximate surface area is 139 Å². The Hall–Kier alpha value is -3.08. The molecule has 1 N–H and O–H groups in total. The number of rotatable bonds is 4. The van der Waals surface area contributed by atoms with Crippen LogP contribution in [0, 0.1) is 6.92 Å². The Kier molecular flexibility index (Phi) is 3.75. The van der Waals surface area contributed by atoms with Gasteiger partial charge in [-0.2, -0.15) is 0 Å². The van der Waals surface area contributed by atoms with Gasteiger partial charge in [0.25, 0.3) is 0 Å². The van der Waals surface area contributed by atoms with Gasteiger partial charge in [0.05, 0.1) is 11.8 Å². The first-order valence-corrected chi connectivity index (χ1v) is 7.91. The molecular formula is C19H17N5. The normalized spacial score (nSPS) is 12.4. The number of aromatic nitrogens is 5. The van der Waals surface area contributed by atoms with Crippen molar-refractivity contribution in [3.63, 3.8) is 0 Å². The Balaban J connectivity index is 1.77. The zero-order chi connectivity index (χ0) is 16.4. The van der Waals surface area contributed by atoms with Crippen LogP contribution in [0.25, 0.3) is 10.9 Å². The summed E-state index contributed by atoms with van der Waals surface area (Å²) in [5.41, 5.74) is 4.28. The van der Waals surface area contributed by atoms with Crippen molar-refractivity contribution >= 4 is 10.9 Å². The number of hydrogen-bond donors (Lipinski definition) is 1. The molecule has 0 aliphatic rings. The molecule has 0 radical (unpaired) electrons. The number of nitrogens with one attached hydrogen (secondary N) is 1. The van der Waals surface area contributed by atoms with E-state index in [2.05, 4.69) is 49.2 Å². The van der Waals surface area contributed by atoms with Crippen LogP contribution in [0.4, 0.5) is 0 Å². The fourth-order valence-electron chi connectivity index (χ4n) is 2.99. The number of aryl methyl sites for hydroxylation is 1. The van der Waals surface area contributed by atoms with Crippen molar-refractivity contribution in [1.82, 2.24) is 24.9 Å². The molecule has 0 fully saturated rings. The lowest BCUT2D eigenvalue weighted by Crippen LogP contribution is -2.08. The smallest absolute Gasteiger partial charge is 0.125 e. The number of hydrogen-bond acceptors (Lipinski definition) is 4. The molecule has 0 spiro atoms. The lowest BCUT2D eigenvalue weighted by Gasteiger charge is -2.16. The number of nitrogens with zero attached hydrogens (tertiary/aromatic N) is 4. The van der Waals surface area contributed by atoms with Crippen LogP contribution in [0.5, 0.6) is 0 Å². The lowest BCUT2D eigenvalue weighted by molar-refractivity contribution is 0.753. The first-order valence-electron chi connectivity index (χ1n) is 7.91. The minimum absolute atomic E-state index is 0.146. The summed E-state index contributed by atoms with van der Waals surface area (Å²) in [6, 6.07) is 12.4. The molecule has 1 aromatic carbocycles. The highest BCUT2D eigenvalue weighted by Crippen LogP contribution is 2.28. The molecule has 4 aromatic rings. The van der Waals surface area contributed by atoms with Gasteiger partial charge in [0.2, 0.25) is 0 Å². The third kappa shape index (κ3) is 2.88. The average Bonchev–Trinajstić information content (AvgIpc) is 3.14. The van der Waals surface area contributed by atoms with E-state index in [1.165, 1.54) is 5.56 Å². The molecule has 24 heavy (non-hydrogen) atoms. The average molecular weight is 315 g/mol. The maximum atomic E-state index is 4.55. The van der Waals surface area contributed by atoms with Gasteiger partial charge in [-0.1, -0.05) is 18.2 Å². The van der Waals surface area contributed by atoms with Gasteiger partial charge in [-0.15, -0.1) is 0 Å². The first-order chi connectivity index (χ1) is 11.8. The van der Waals surface area contributed by atoms with Crippen molar-refractivity contribution in [1.29, 1.82) is 0 Å². The fourth-order valence-corrected chi connectivity index (χ4v) is 2.99. The van der Waals surface area contributed by atoms with E-state index in [0.29, 0.717) is 0 Å². The third-order valence-electron chi connectivity index (χ3n) is 4.17. The fraction of sp³-hybridized carbons (Fsp3) is 0.158. The molecule has 3 heterocycles. The summed E-state index contributed by atoms with van der Waals surface area (Å²) in [5, 5.41) is 1.14. The number of fused-ring (bicyclic) bond motifs is 1. The maximum absolute atomic E-state index is 4.55. The van der Waals surface area contributed by atoms with E-state index in [0.717, 1.165) is 34.5 Å². The second-order valence-corrected chi connectivity index (χ2v) is 5.81. The summed E-state index contributed by atoms with van der Waals surface area (Å²) in [6.45, 7) is 1.91. The zero-order valence-electron chi connectivity index (χ0n) is 13.3. The standard InChI is InChI=1S/C19H17N5/c1-13-21-8-6-16(24-13)10-17(19-11-20-12-23-19)15-5-4-14-3-2-7-22-18(14)9-15/h2-9,11-12,17H,10H2,1H3,(H,20,23). The maximum Gasteiger partial charge on any atom is 0.125 e. The quantitative estimate of drug-likeness (QED) is 0.626. The van der Waals surface area contributed by atoms with Gasteiger partial charge in [0.1, 0.15) is 5.82 Å². The molecule has 5 heteroatoms. The third-order valence-corrected chi connectivity index (χ3v) is 4.17. The van der Waals surface area contributed by atoms with E-state index in [9.17, 15) is 0 Å². The number of aromatic amines is 1. The van der Waals surface area contributed by atoms with Crippen LogP contribution >= 0.6 is 0 Å². The Morgan fingerprint density at radius 2 is 2.04 bits per heavy atom. The predicted octanol–water partition coefficient (Wildman–Crippen LogP) is 3.43. The van der Waals surface area contributed by atoms with Gasteiger partial charge in [-0.25, -0.2) is 15.0 Å². The van der Waals surface area contributed by atoms with Gasteiger partial charge in [0, 0.05) is 47.7 Å².